The van der Waals surface area contributed by atoms with Gasteiger partial charge in [-0.2, -0.15) is 0 Å². The second-order valence-corrected chi connectivity index (χ2v) is 7.49. The summed E-state index contributed by atoms with van der Waals surface area (Å²) in [4.78, 5) is 12.1. The maximum absolute atomic E-state index is 13.6. The van der Waals surface area contributed by atoms with Gasteiger partial charge in [-0.1, -0.05) is 12.1 Å². The molecule has 0 unspecified atom stereocenters. The second-order valence-electron chi connectivity index (χ2n) is 7.49. The third-order valence-corrected chi connectivity index (χ3v) is 5.51. The molecule has 0 amide bonds. The van der Waals surface area contributed by atoms with Crippen LogP contribution in [0.1, 0.15) is 30.5 Å². The van der Waals surface area contributed by atoms with Crippen molar-refractivity contribution < 1.29 is 9.13 Å². The van der Waals surface area contributed by atoms with E-state index in [9.17, 15) is 4.39 Å². The maximum Gasteiger partial charge on any atom is 0.161 e. The molecule has 3 aliphatic rings. The van der Waals surface area contributed by atoms with Gasteiger partial charge in [0.05, 0.1) is 12.3 Å². The molecule has 1 saturated heterocycles. The molecule has 2 aliphatic heterocycles. The topological polar surface area (TPSA) is 50.3 Å². The SMILES string of the molecule is Fc1cccc(-c2nc3c(c(NC4CC4)n2)CN([C@@H]2CCOC2)CC3)c1. The van der Waals surface area contributed by atoms with Gasteiger partial charge >= 0.3 is 0 Å². The highest BCUT2D eigenvalue weighted by Gasteiger charge is 2.31. The molecule has 6 heteroatoms. The van der Waals surface area contributed by atoms with Crippen LogP contribution in [0.4, 0.5) is 10.2 Å². The largest absolute Gasteiger partial charge is 0.380 e. The quantitative estimate of drug-likeness (QED) is 0.915. The molecule has 0 spiro atoms. The highest BCUT2D eigenvalue weighted by molar-refractivity contribution is 5.60. The van der Waals surface area contributed by atoms with Gasteiger partial charge in [0.15, 0.2) is 5.82 Å². The Balaban J connectivity index is 1.51. The maximum atomic E-state index is 13.6. The van der Waals surface area contributed by atoms with Crippen LogP contribution in [0.2, 0.25) is 0 Å². The number of rotatable bonds is 4. The molecule has 1 aromatic carbocycles. The Bertz CT molecular complexity index is 817. The van der Waals surface area contributed by atoms with E-state index < -0.39 is 0 Å². The van der Waals surface area contributed by atoms with Crippen molar-refractivity contribution in [1.82, 2.24) is 14.9 Å². The molecule has 1 N–H and O–H groups in total. The molecule has 5 rings (SSSR count). The van der Waals surface area contributed by atoms with Crippen molar-refractivity contribution in [3.63, 3.8) is 0 Å². The Morgan fingerprint density at radius 2 is 2.12 bits per heavy atom. The Morgan fingerprint density at radius 1 is 1.19 bits per heavy atom. The molecule has 0 bridgehead atoms. The van der Waals surface area contributed by atoms with E-state index in [2.05, 4.69) is 10.2 Å². The summed E-state index contributed by atoms with van der Waals surface area (Å²) in [6.07, 6.45) is 4.38. The summed E-state index contributed by atoms with van der Waals surface area (Å²) >= 11 is 0. The first-order valence-electron chi connectivity index (χ1n) is 9.50. The van der Waals surface area contributed by atoms with Gasteiger partial charge < -0.3 is 10.1 Å². The van der Waals surface area contributed by atoms with Crippen LogP contribution in [-0.2, 0) is 17.7 Å². The Hall–Kier alpha value is -2.05. The van der Waals surface area contributed by atoms with Crippen LogP contribution in [0, 0.1) is 5.82 Å². The molecule has 1 saturated carbocycles. The van der Waals surface area contributed by atoms with Gasteiger partial charge in [-0.25, -0.2) is 14.4 Å². The third-order valence-electron chi connectivity index (χ3n) is 5.51. The summed E-state index contributed by atoms with van der Waals surface area (Å²) in [7, 11) is 0. The zero-order chi connectivity index (χ0) is 17.5. The molecule has 26 heavy (non-hydrogen) atoms. The summed E-state index contributed by atoms with van der Waals surface area (Å²) in [6.45, 7) is 3.53. The Morgan fingerprint density at radius 3 is 2.88 bits per heavy atom. The molecule has 136 valence electrons. The van der Waals surface area contributed by atoms with E-state index in [0.29, 0.717) is 17.9 Å². The number of fused-ring (bicyclic) bond motifs is 1. The molecule has 3 heterocycles. The van der Waals surface area contributed by atoms with Gasteiger partial charge in [0.1, 0.15) is 11.6 Å². The van der Waals surface area contributed by atoms with Crippen molar-refractivity contribution in [1.29, 1.82) is 0 Å². The van der Waals surface area contributed by atoms with Crippen LogP contribution in [0.3, 0.4) is 0 Å². The molecule has 2 aromatic rings. The fourth-order valence-corrected chi connectivity index (χ4v) is 3.85. The highest BCUT2D eigenvalue weighted by Crippen LogP contribution is 2.32. The van der Waals surface area contributed by atoms with Crippen LogP contribution in [0.25, 0.3) is 11.4 Å². The predicted molar refractivity (Wildman–Crippen MR) is 97.4 cm³/mol. The number of ether oxygens (including phenoxy) is 1. The lowest BCUT2D eigenvalue weighted by molar-refractivity contribution is 0.134. The van der Waals surface area contributed by atoms with E-state index in [4.69, 9.17) is 14.7 Å². The monoisotopic (exact) mass is 354 g/mol. The summed E-state index contributed by atoms with van der Waals surface area (Å²) in [6, 6.07) is 7.56. The molecule has 1 aromatic heterocycles. The van der Waals surface area contributed by atoms with Crippen molar-refractivity contribution in [2.24, 2.45) is 0 Å². The van der Waals surface area contributed by atoms with E-state index in [1.165, 1.54) is 30.5 Å². The van der Waals surface area contributed by atoms with Gasteiger partial charge in [-0.3, -0.25) is 4.90 Å². The van der Waals surface area contributed by atoms with E-state index in [1.54, 1.807) is 6.07 Å². The van der Waals surface area contributed by atoms with Crippen molar-refractivity contribution in [3.05, 3.63) is 41.3 Å². The van der Waals surface area contributed by atoms with E-state index >= 15 is 0 Å². The van der Waals surface area contributed by atoms with Gasteiger partial charge in [0.2, 0.25) is 0 Å². The fraction of sp³-hybridized carbons (Fsp3) is 0.500. The molecular formula is C20H23FN4O. The van der Waals surface area contributed by atoms with Gasteiger partial charge in [-0.05, 0) is 31.4 Å². The third kappa shape index (κ3) is 3.19. The number of benzene rings is 1. The van der Waals surface area contributed by atoms with Crippen LogP contribution in [0.5, 0.6) is 0 Å². The highest BCUT2D eigenvalue weighted by atomic mass is 19.1. The number of hydrogen-bond acceptors (Lipinski definition) is 5. The van der Waals surface area contributed by atoms with Crippen LogP contribution in [0.15, 0.2) is 24.3 Å². The molecule has 5 nitrogen and oxygen atoms in total. The standard InChI is InChI=1S/C20H23FN4O/c21-14-3-1-2-13(10-14)19-23-18-6-8-25(16-7-9-26-12-16)11-17(18)20(24-19)22-15-4-5-15/h1-3,10,15-16H,4-9,11-12H2,(H,22,23,24)/t16-/m1/s1. The van der Waals surface area contributed by atoms with E-state index in [0.717, 1.165) is 56.2 Å². The number of halogens is 1. The Labute approximate surface area is 152 Å². The van der Waals surface area contributed by atoms with E-state index in [1.807, 2.05) is 6.07 Å². The first-order valence-corrected chi connectivity index (χ1v) is 9.50. The first kappa shape index (κ1) is 16.1. The zero-order valence-electron chi connectivity index (χ0n) is 14.7. The van der Waals surface area contributed by atoms with Crippen molar-refractivity contribution in [3.8, 4) is 11.4 Å². The molecule has 1 atom stereocenters. The number of nitrogens with one attached hydrogen (secondary N) is 1. The second kappa shape index (κ2) is 6.59. The normalized spacial score (nSPS) is 23.0. The lowest BCUT2D eigenvalue weighted by Crippen LogP contribution is -2.40. The zero-order valence-corrected chi connectivity index (χ0v) is 14.7. The number of anilines is 1. The fourth-order valence-electron chi connectivity index (χ4n) is 3.85. The van der Waals surface area contributed by atoms with E-state index in [-0.39, 0.29) is 5.82 Å². The summed E-state index contributed by atoms with van der Waals surface area (Å²) in [5, 5.41) is 3.58. The summed E-state index contributed by atoms with van der Waals surface area (Å²) < 4.78 is 19.2. The van der Waals surface area contributed by atoms with Gasteiger partial charge in [0, 0.05) is 49.3 Å². The average Bonchev–Trinajstić information content (AvgIpc) is 3.30. The Kier molecular flexibility index (Phi) is 4.10. The molecular weight excluding hydrogens is 331 g/mol. The summed E-state index contributed by atoms with van der Waals surface area (Å²) in [5.74, 6) is 1.29. The lowest BCUT2D eigenvalue weighted by atomic mass is 10.0. The predicted octanol–water partition coefficient (Wildman–Crippen LogP) is 3.00. The number of hydrogen-bond donors (Lipinski definition) is 1. The average molecular weight is 354 g/mol. The summed E-state index contributed by atoms with van der Waals surface area (Å²) in [5.41, 5.74) is 3.03. The van der Waals surface area contributed by atoms with Gasteiger partial charge in [-0.15, -0.1) is 0 Å². The number of nitrogens with zero attached hydrogens (tertiary/aromatic N) is 3. The van der Waals surface area contributed by atoms with Crippen LogP contribution >= 0.6 is 0 Å². The molecule has 0 radical (unpaired) electrons. The van der Waals surface area contributed by atoms with Crippen molar-refractivity contribution >= 4 is 5.82 Å². The minimum absolute atomic E-state index is 0.257. The first-order chi connectivity index (χ1) is 12.8. The number of aromatic nitrogens is 2. The van der Waals surface area contributed by atoms with Gasteiger partial charge in [0.25, 0.3) is 0 Å². The smallest absolute Gasteiger partial charge is 0.161 e. The molecule has 1 aliphatic carbocycles. The lowest BCUT2D eigenvalue weighted by Gasteiger charge is -2.33. The molecule has 2 fully saturated rings. The van der Waals surface area contributed by atoms with Crippen molar-refractivity contribution in [2.45, 2.75) is 44.3 Å². The minimum atomic E-state index is -0.257. The van der Waals surface area contributed by atoms with Crippen molar-refractivity contribution in [2.75, 3.05) is 25.1 Å². The van der Waals surface area contributed by atoms with Crippen LogP contribution < -0.4 is 5.32 Å². The van der Waals surface area contributed by atoms with Crippen LogP contribution in [-0.4, -0.2) is 46.7 Å². The minimum Gasteiger partial charge on any atom is -0.380 e.